The van der Waals surface area contributed by atoms with E-state index in [4.69, 9.17) is 18.9 Å². The number of esters is 3. The number of amides is 1. The van der Waals surface area contributed by atoms with Crippen LogP contribution in [-0.2, 0) is 15.1 Å². The molecule has 1 saturated carbocycles. The number of ether oxygens (including phenoxy) is 4. The highest BCUT2D eigenvalue weighted by Gasteiger charge is 2.46. The van der Waals surface area contributed by atoms with Crippen LogP contribution in [0.5, 0.6) is 11.5 Å². The molecule has 0 spiro atoms. The summed E-state index contributed by atoms with van der Waals surface area (Å²) in [5.41, 5.74) is 5.08. The largest absolute Gasteiger partial charge is 0.472 e. The molecule has 9 heteroatoms. The number of benzene rings is 6. The second-order valence-corrected chi connectivity index (χ2v) is 17.2. The predicted octanol–water partition coefficient (Wildman–Crippen LogP) is 12.9. The van der Waals surface area contributed by atoms with Crippen molar-refractivity contribution in [3.05, 3.63) is 177 Å². The zero-order chi connectivity index (χ0) is 45.7. The third-order valence-electron chi connectivity index (χ3n) is 13.4. The molecule has 1 amide bonds. The number of carbonyl (C=O) groups excluding carboxylic acids is 4. The van der Waals surface area contributed by atoms with Crippen LogP contribution >= 0.6 is 0 Å². The average molecular weight is 870 g/mol. The summed E-state index contributed by atoms with van der Waals surface area (Å²) in [6, 6.07) is 38.9. The fourth-order valence-corrected chi connectivity index (χ4v) is 9.76. The Balaban J connectivity index is 1.05. The van der Waals surface area contributed by atoms with E-state index in [0.717, 1.165) is 28.2 Å². The molecular formula is C56H55NO8. The number of methoxy groups -OCH3 is 2. The molecule has 0 saturated heterocycles. The molecule has 0 bridgehead atoms. The van der Waals surface area contributed by atoms with Crippen molar-refractivity contribution in [2.24, 2.45) is 5.92 Å². The van der Waals surface area contributed by atoms with Crippen LogP contribution in [0.1, 0.15) is 142 Å². The molecule has 1 heterocycles. The van der Waals surface area contributed by atoms with Crippen molar-refractivity contribution in [1.29, 1.82) is 0 Å². The Hall–Kier alpha value is -7.00. The maximum absolute atomic E-state index is 13.8. The van der Waals surface area contributed by atoms with Gasteiger partial charge in [0.05, 0.1) is 30.9 Å². The number of allylic oxidation sites excluding steroid dienone is 1. The molecule has 0 radical (unpaired) electrons. The van der Waals surface area contributed by atoms with Gasteiger partial charge in [0.1, 0.15) is 11.5 Å². The van der Waals surface area contributed by atoms with Crippen molar-refractivity contribution in [3.8, 4) is 11.5 Å². The van der Waals surface area contributed by atoms with Crippen LogP contribution in [0.2, 0.25) is 0 Å². The van der Waals surface area contributed by atoms with Crippen molar-refractivity contribution in [2.45, 2.75) is 83.7 Å². The quantitative estimate of drug-likeness (QED) is 0.0693. The van der Waals surface area contributed by atoms with Gasteiger partial charge in [-0.2, -0.15) is 0 Å². The lowest BCUT2D eigenvalue weighted by atomic mass is 9.74. The van der Waals surface area contributed by atoms with E-state index >= 15 is 0 Å². The van der Waals surface area contributed by atoms with Gasteiger partial charge in [-0.15, -0.1) is 0 Å². The summed E-state index contributed by atoms with van der Waals surface area (Å²) in [4.78, 5) is 54.5. The van der Waals surface area contributed by atoms with Gasteiger partial charge in [0.15, 0.2) is 5.60 Å². The van der Waals surface area contributed by atoms with E-state index in [0.29, 0.717) is 33.9 Å². The minimum atomic E-state index is -1.11. The van der Waals surface area contributed by atoms with Gasteiger partial charge in [-0.05, 0) is 123 Å². The second kappa shape index (κ2) is 19.4. The van der Waals surface area contributed by atoms with Crippen molar-refractivity contribution in [3.63, 3.8) is 0 Å². The number of unbranched alkanes of at least 4 members (excludes halogenated alkanes) is 2. The first-order valence-electron chi connectivity index (χ1n) is 22.6. The van der Waals surface area contributed by atoms with Crippen molar-refractivity contribution >= 4 is 45.8 Å². The van der Waals surface area contributed by atoms with Gasteiger partial charge < -0.3 is 24.3 Å². The second-order valence-electron chi connectivity index (χ2n) is 17.2. The highest BCUT2D eigenvalue weighted by atomic mass is 16.5. The van der Waals surface area contributed by atoms with E-state index < -0.39 is 23.5 Å². The monoisotopic (exact) mass is 869 g/mol. The molecular weight excluding hydrogens is 815 g/mol. The van der Waals surface area contributed by atoms with Crippen LogP contribution in [0.4, 0.5) is 5.69 Å². The Morgan fingerprint density at radius 3 is 1.86 bits per heavy atom. The Morgan fingerprint density at radius 2 is 1.26 bits per heavy atom. The van der Waals surface area contributed by atoms with Gasteiger partial charge in [-0.1, -0.05) is 105 Å². The zero-order valence-electron chi connectivity index (χ0n) is 37.7. The number of nitrogens with one attached hydrogen (secondary N) is 1. The topological polar surface area (TPSA) is 117 Å². The molecule has 0 atom stereocenters. The van der Waals surface area contributed by atoms with Crippen LogP contribution in [0.3, 0.4) is 0 Å². The van der Waals surface area contributed by atoms with Gasteiger partial charge in [0, 0.05) is 38.7 Å². The van der Waals surface area contributed by atoms with Crippen LogP contribution in [0.25, 0.3) is 16.3 Å². The van der Waals surface area contributed by atoms with Crippen molar-refractivity contribution < 1.29 is 38.1 Å². The van der Waals surface area contributed by atoms with Gasteiger partial charge in [-0.25, -0.2) is 14.4 Å². The SMILES string of the molecule is CCCCCC1CCC(c2ccc(C(=O)Nc3ccc(C(=O)Oc4ccc5c6c(c(C(=O)OC)c(C(=O)OC)c5c4)C(C)=C(C)C(c4ccccc4)(c4ccccc4)O6)cc3)cc2)CC1. The van der Waals surface area contributed by atoms with Gasteiger partial charge >= 0.3 is 17.9 Å². The molecule has 6 aromatic rings. The van der Waals surface area contributed by atoms with Crippen molar-refractivity contribution in [2.75, 3.05) is 19.5 Å². The summed E-state index contributed by atoms with van der Waals surface area (Å²) < 4.78 is 23.7. The summed E-state index contributed by atoms with van der Waals surface area (Å²) >= 11 is 0. The van der Waals surface area contributed by atoms with E-state index in [-0.39, 0.29) is 33.7 Å². The standard InChI is InChI=1S/C56H55NO8/c1-6-7-10-15-37-20-22-38(23-21-37)39-24-26-40(27-25-39)52(58)57-44-30-28-41(29-31-44)53(59)64-45-32-33-46-47(34-45)49(54(60)62-4)50(55(61)63-5)48-35(2)36(3)56(65-51(46)48,42-16-11-8-12-17-42)43-18-13-9-14-19-43/h8-9,11-14,16-19,24-34,37-38H,6-7,10,15,20-23H2,1-5H3,(H,57,58). The van der Waals surface area contributed by atoms with E-state index in [1.807, 2.05) is 86.6 Å². The molecule has 1 fully saturated rings. The third kappa shape index (κ3) is 8.80. The van der Waals surface area contributed by atoms with E-state index in [1.54, 1.807) is 36.4 Å². The number of hydrogen-bond acceptors (Lipinski definition) is 8. The molecule has 8 rings (SSSR count). The van der Waals surface area contributed by atoms with E-state index in [9.17, 15) is 19.2 Å². The summed E-state index contributed by atoms with van der Waals surface area (Å²) in [5.74, 6) is -0.609. The molecule has 0 unspecified atom stereocenters. The number of rotatable bonds is 13. The number of anilines is 1. The molecule has 6 aromatic carbocycles. The highest BCUT2D eigenvalue weighted by molar-refractivity contribution is 6.18. The van der Waals surface area contributed by atoms with Crippen LogP contribution in [-0.4, -0.2) is 38.0 Å². The molecule has 9 nitrogen and oxygen atoms in total. The number of carbonyl (C=O) groups is 4. The predicted molar refractivity (Wildman–Crippen MR) is 254 cm³/mol. The first-order valence-corrected chi connectivity index (χ1v) is 22.6. The molecule has 1 aliphatic carbocycles. The molecule has 2 aliphatic rings. The zero-order valence-corrected chi connectivity index (χ0v) is 37.7. The van der Waals surface area contributed by atoms with E-state index in [1.165, 1.54) is 77.2 Å². The molecule has 0 aromatic heterocycles. The molecule has 1 N–H and O–H groups in total. The smallest absolute Gasteiger partial charge is 0.343 e. The number of hydrogen-bond donors (Lipinski definition) is 1. The lowest BCUT2D eigenvalue weighted by Gasteiger charge is -2.42. The minimum absolute atomic E-state index is 0.0270. The Labute approximate surface area is 380 Å². The first-order chi connectivity index (χ1) is 31.6. The maximum Gasteiger partial charge on any atom is 0.343 e. The van der Waals surface area contributed by atoms with Gasteiger partial charge in [0.2, 0.25) is 0 Å². The lowest BCUT2D eigenvalue weighted by molar-refractivity contribution is 0.0555. The van der Waals surface area contributed by atoms with Crippen LogP contribution in [0.15, 0.2) is 133 Å². The fraction of sp³-hybridized carbons (Fsp3) is 0.286. The third-order valence-corrected chi connectivity index (χ3v) is 13.4. The van der Waals surface area contributed by atoms with E-state index in [2.05, 4.69) is 24.4 Å². The Bertz CT molecular complexity index is 2710. The summed E-state index contributed by atoms with van der Waals surface area (Å²) in [6.07, 6.45) is 10.2. The lowest BCUT2D eigenvalue weighted by Crippen LogP contribution is -2.39. The van der Waals surface area contributed by atoms with Gasteiger partial charge in [0.25, 0.3) is 5.91 Å². The van der Waals surface area contributed by atoms with Crippen LogP contribution in [0, 0.1) is 5.92 Å². The Kier molecular flexibility index (Phi) is 13.3. The first kappa shape index (κ1) is 44.6. The normalized spacial score (nSPS) is 16.5. The van der Waals surface area contributed by atoms with Gasteiger partial charge in [-0.3, -0.25) is 4.79 Å². The Morgan fingerprint density at radius 1 is 0.662 bits per heavy atom. The number of fused-ring (bicyclic) bond motifs is 3. The highest BCUT2D eigenvalue weighted by Crippen LogP contribution is 2.54. The average Bonchev–Trinajstić information content (AvgIpc) is 3.35. The van der Waals surface area contributed by atoms with Crippen molar-refractivity contribution in [1.82, 2.24) is 0 Å². The summed E-state index contributed by atoms with van der Waals surface area (Å²) in [6.45, 7) is 6.12. The minimum Gasteiger partial charge on any atom is -0.472 e. The summed E-state index contributed by atoms with van der Waals surface area (Å²) in [5, 5.41) is 3.69. The fourth-order valence-electron chi connectivity index (χ4n) is 9.76. The summed E-state index contributed by atoms with van der Waals surface area (Å²) in [7, 11) is 2.49. The molecule has 1 aliphatic heterocycles. The molecule has 332 valence electrons. The molecule has 65 heavy (non-hydrogen) atoms. The maximum atomic E-state index is 13.8. The van der Waals surface area contributed by atoms with Crippen LogP contribution < -0.4 is 14.8 Å².